The van der Waals surface area contributed by atoms with Gasteiger partial charge in [-0.15, -0.1) is 0 Å². The third-order valence-electron chi connectivity index (χ3n) is 3.21. The van der Waals surface area contributed by atoms with Gasteiger partial charge in [0, 0.05) is 17.7 Å². The fourth-order valence-electron chi connectivity index (χ4n) is 1.98. The SMILES string of the molecule is COc1ccccc1CNC(=O)N(S)c1ccc(C(N)=O)cc1. The Balaban J connectivity index is 2.01. The fourth-order valence-corrected chi connectivity index (χ4v) is 2.18. The summed E-state index contributed by atoms with van der Waals surface area (Å²) in [5, 5.41) is 2.75. The van der Waals surface area contributed by atoms with Crippen molar-refractivity contribution < 1.29 is 14.3 Å². The van der Waals surface area contributed by atoms with E-state index in [9.17, 15) is 9.59 Å². The lowest BCUT2D eigenvalue weighted by atomic mass is 10.2. The van der Waals surface area contributed by atoms with Crippen molar-refractivity contribution in [2.75, 3.05) is 11.4 Å². The minimum Gasteiger partial charge on any atom is -0.496 e. The Bertz CT molecular complexity index is 704. The molecule has 0 fully saturated rings. The lowest BCUT2D eigenvalue weighted by molar-refractivity contribution is 0.100. The number of nitrogens with two attached hydrogens (primary N) is 1. The zero-order valence-corrected chi connectivity index (χ0v) is 13.4. The van der Waals surface area contributed by atoms with Crippen molar-refractivity contribution in [1.82, 2.24) is 5.32 Å². The summed E-state index contributed by atoms with van der Waals surface area (Å²) in [5.74, 6) is 0.173. The van der Waals surface area contributed by atoms with E-state index in [0.717, 1.165) is 9.87 Å². The van der Waals surface area contributed by atoms with Crippen LogP contribution >= 0.6 is 12.8 Å². The van der Waals surface area contributed by atoms with Gasteiger partial charge in [-0.2, -0.15) is 0 Å². The summed E-state index contributed by atoms with van der Waals surface area (Å²) < 4.78 is 6.38. The maximum atomic E-state index is 12.1. The molecule has 3 N–H and O–H groups in total. The molecule has 0 spiro atoms. The summed E-state index contributed by atoms with van der Waals surface area (Å²) in [6.45, 7) is 0.305. The van der Waals surface area contributed by atoms with Crippen LogP contribution in [0, 0.1) is 0 Å². The molecule has 0 bridgehead atoms. The molecule has 0 atom stereocenters. The normalized spacial score (nSPS) is 10.0. The zero-order valence-electron chi connectivity index (χ0n) is 12.5. The molecular formula is C16H17N3O3S. The third kappa shape index (κ3) is 4.17. The molecule has 0 saturated heterocycles. The fraction of sp³-hybridized carbons (Fsp3) is 0.125. The molecular weight excluding hydrogens is 314 g/mol. The van der Waals surface area contributed by atoms with E-state index in [2.05, 4.69) is 18.1 Å². The molecule has 3 amide bonds. The molecule has 2 rings (SSSR count). The van der Waals surface area contributed by atoms with Crippen molar-refractivity contribution in [2.45, 2.75) is 6.54 Å². The quantitative estimate of drug-likeness (QED) is 0.735. The van der Waals surface area contributed by atoms with E-state index in [1.165, 1.54) is 12.1 Å². The lowest BCUT2D eigenvalue weighted by Gasteiger charge is -2.17. The molecule has 0 aromatic heterocycles. The Kier molecular flexibility index (Phi) is 5.48. The van der Waals surface area contributed by atoms with Gasteiger partial charge in [0.1, 0.15) is 5.75 Å². The highest BCUT2D eigenvalue weighted by atomic mass is 32.1. The molecule has 0 aliphatic rings. The first-order valence-electron chi connectivity index (χ1n) is 6.81. The first-order chi connectivity index (χ1) is 11.0. The van der Waals surface area contributed by atoms with Crippen LogP contribution in [0.15, 0.2) is 48.5 Å². The Morgan fingerprint density at radius 1 is 1.17 bits per heavy atom. The standard InChI is InChI=1S/C16H17N3O3S/c1-22-14-5-3-2-4-12(14)10-18-16(21)19(23)13-8-6-11(7-9-13)15(17)20/h2-9,23H,10H2,1H3,(H2,17,20)(H,18,21). The van der Waals surface area contributed by atoms with Crippen LogP contribution in [-0.4, -0.2) is 19.0 Å². The van der Waals surface area contributed by atoms with E-state index >= 15 is 0 Å². The van der Waals surface area contributed by atoms with Crippen molar-refractivity contribution >= 4 is 30.4 Å². The van der Waals surface area contributed by atoms with Gasteiger partial charge in [0.2, 0.25) is 5.91 Å². The smallest absolute Gasteiger partial charge is 0.332 e. The maximum absolute atomic E-state index is 12.1. The number of benzene rings is 2. The highest BCUT2D eigenvalue weighted by molar-refractivity contribution is 7.82. The number of hydrogen-bond donors (Lipinski definition) is 3. The first kappa shape index (κ1) is 16.7. The summed E-state index contributed by atoms with van der Waals surface area (Å²) in [4.78, 5) is 23.2. The predicted molar refractivity (Wildman–Crippen MR) is 91.7 cm³/mol. The average molecular weight is 331 g/mol. The van der Waals surface area contributed by atoms with E-state index in [4.69, 9.17) is 10.5 Å². The first-order valence-corrected chi connectivity index (χ1v) is 7.21. The van der Waals surface area contributed by atoms with Gasteiger partial charge in [0.05, 0.1) is 12.8 Å². The topological polar surface area (TPSA) is 84.7 Å². The molecule has 6 nitrogen and oxygen atoms in total. The van der Waals surface area contributed by atoms with E-state index < -0.39 is 11.9 Å². The second kappa shape index (κ2) is 7.55. The molecule has 0 saturated carbocycles. The van der Waals surface area contributed by atoms with Crippen LogP contribution in [0.25, 0.3) is 0 Å². The van der Waals surface area contributed by atoms with Crippen molar-refractivity contribution in [3.8, 4) is 5.75 Å². The zero-order chi connectivity index (χ0) is 16.8. The Hall–Kier alpha value is -2.67. The average Bonchev–Trinajstić information content (AvgIpc) is 2.59. The van der Waals surface area contributed by atoms with Crippen LogP contribution in [-0.2, 0) is 6.54 Å². The van der Waals surface area contributed by atoms with Crippen LogP contribution in [0.3, 0.4) is 0 Å². The van der Waals surface area contributed by atoms with Gasteiger partial charge in [-0.05, 0) is 30.3 Å². The highest BCUT2D eigenvalue weighted by Crippen LogP contribution is 2.19. The van der Waals surface area contributed by atoms with Gasteiger partial charge >= 0.3 is 6.03 Å². The number of nitrogens with zero attached hydrogens (tertiary/aromatic N) is 1. The minimum atomic E-state index is -0.525. The van der Waals surface area contributed by atoms with Crippen molar-refractivity contribution in [1.29, 1.82) is 0 Å². The summed E-state index contributed by atoms with van der Waals surface area (Å²) in [6.07, 6.45) is 0. The Morgan fingerprint density at radius 2 is 1.83 bits per heavy atom. The summed E-state index contributed by atoms with van der Waals surface area (Å²) in [7, 11) is 1.58. The number of para-hydroxylation sites is 1. The van der Waals surface area contributed by atoms with E-state index in [1.54, 1.807) is 19.2 Å². The third-order valence-corrected chi connectivity index (χ3v) is 3.62. The molecule has 2 aromatic carbocycles. The summed E-state index contributed by atoms with van der Waals surface area (Å²) >= 11 is 4.17. The predicted octanol–water partition coefficient (Wildman–Crippen LogP) is 2.36. The number of carbonyl (C=O) groups is 2. The van der Waals surface area contributed by atoms with Crippen LogP contribution < -0.4 is 20.1 Å². The van der Waals surface area contributed by atoms with Gasteiger partial charge in [-0.3, -0.25) is 4.79 Å². The van der Waals surface area contributed by atoms with Gasteiger partial charge in [0.15, 0.2) is 0 Å². The number of nitrogens with one attached hydrogen (secondary N) is 1. The number of primary amides is 1. The van der Waals surface area contributed by atoms with E-state index in [1.807, 2.05) is 24.3 Å². The molecule has 0 radical (unpaired) electrons. The Labute approximate surface area is 139 Å². The number of urea groups is 1. The molecule has 0 aliphatic carbocycles. The monoisotopic (exact) mass is 331 g/mol. The molecule has 120 valence electrons. The summed E-state index contributed by atoms with van der Waals surface area (Å²) in [6, 6.07) is 13.3. The maximum Gasteiger partial charge on any atom is 0.332 e. The number of amides is 3. The molecule has 0 aliphatic heterocycles. The van der Waals surface area contributed by atoms with Gasteiger partial charge < -0.3 is 15.8 Å². The second-order valence-electron chi connectivity index (χ2n) is 4.69. The molecule has 7 heteroatoms. The largest absolute Gasteiger partial charge is 0.496 e. The number of anilines is 1. The van der Waals surface area contributed by atoms with Crippen molar-refractivity contribution in [3.05, 3.63) is 59.7 Å². The van der Waals surface area contributed by atoms with Gasteiger partial charge in [-0.25, -0.2) is 9.10 Å². The van der Waals surface area contributed by atoms with Crippen LogP contribution in [0.2, 0.25) is 0 Å². The van der Waals surface area contributed by atoms with Crippen LogP contribution in [0.4, 0.5) is 10.5 Å². The number of thiol groups is 1. The van der Waals surface area contributed by atoms with E-state index in [-0.39, 0.29) is 0 Å². The van der Waals surface area contributed by atoms with Crippen LogP contribution in [0.1, 0.15) is 15.9 Å². The molecule has 2 aromatic rings. The van der Waals surface area contributed by atoms with Crippen molar-refractivity contribution in [2.24, 2.45) is 5.73 Å². The molecule has 0 heterocycles. The number of carbonyl (C=O) groups excluding carboxylic acids is 2. The van der Waals surface area contributed by atoms with Crippen LogP contribution in [0.5, 0.6) is 5.75 Å². The summed E-state index contributed by atoms with van der Waals surface area (Å²) in [5.41, 5.74) is 6.92. The lowest BCUT2D eigenvalue weighted by Crippen LogP contribution is -2.33. The van der Waals surface area contributed by atoms with Gasteiger partial charge in [0.25, 0.3) is 0 Å². The Morgan fingerprint density at radius 3 is 2.43 bits per heavy atom. The molecule has 0 unspecified atom stereocenters. The number of methoxy groups -OCH3 is 1. The highest BCUT2D eigenvalue weighted by Gasteiger charge is 2.13. The van der Waals surface area contributed by atoms with E-state index in [0.29, 0.717) is 23.5 Å². The second-order valence-corrected chi connectivity index (χ2v) is 5.09. The van der Waals surface area contributed by atoms with Gasteiger partial charge in [-0.1, -0.05) is 31.0 Å². The number of ether oxygens (including phenoxy) is 1. The molecule has 23 heavy (non-hydrogen) atoms. The number of hydrogen-bond acceptors (Lipinski definition) is 4. The minimum absolute atomic E-state index is 0.305. The number of rotatable bonds is 5. The van der Waals surface area contributed by atoms with Crippen molar-refractivity contribution in [3.63, 3.8) is 0 Å².